The van der Waals surface area contributed by atoms with Gasteiger partial charge in [0.05, 0.1) is 24.5 Å². The molecule has 5 N–H and O–H groups in total. The normalized spacial score (nSPS) is 28.5. The first-order valence-corrected chi connectivity index (χ1v) is 15.5. The van der Waals surface area contributed by atoms with E-state index in [1.54, 1.807) is 24.3 Å². The second-order valence-electron chi connectivity index (χ2n) is 11.5. The molecule has 236 valence electrons. The maximum atomic E-state index is 14.1. The van der Waals surface area contributed by atoms with Crippen molar-refractivity contribution < 1.29 is 42.8 Å². The molecule has 5 rings (SSSR count). The predicted molar refractivity (Wildman–Crippen MR) is 154 cm³/mol. The largest absolute Gasteiger partial charge is 0.461 e. The number of nitrogens with one attached hydrogen (secondary N) is 1. The van der Waals surface area contributed by atoms with E-state index in [9.17, 15) is 24.8 Å². The van der Waals surface area contributed by atoms with Gasteiger partial charge in [-0.3, -0.25) is 9.32 Å². The molecule has 44 heavy (non-hydrogen) atoms. The molecule has 0 radical (unpaired) electrons. The van der Waals surface area contributed by atoms with Crippen LogP contribution in [-0.2, 0) is 33.7 Å². The van der Waals surface area contributed by atoms with E-state index in [-0.39, 0.29) is 17.3 Å². The van der Waals surface area contributed by atoms with Crippen LogP contribution in [0.15, 0.2) is 48.8 Å². The van der Waals surface area contributed by atoms with Crippen LogP contribution in [-0.4, -0.2) is 80.1 Å². The molecule has 0 aliphatic carbocycles. The van der Waals surface area contributed by atoms with Crippen LogP contribution in [0.3, 0.4) is 0 Å². The van der Waals surface area contributed by atoms with E-state index in [4.69, 9.17) is 29.0 Å². The van der Waals surface area contributed by atoms with E-state index < -0.39 is 62.0 Å². The lowest BCUT2D eigenvalue weighted by molar-refractivity contribution is -0.163. The standard InChI is InChI=1S/C28H35N6O9P/c1-18(24(35)42-20-11-12-39-26(2,3)13-20)33-44(38,43-19-7-5-4-6-8-19)41-15-27(14-29)25(36)28(37,16-40-27)22-10-9-21-23(30)31-17-32-34(21)22/h4-10,17-18,20,25,36-37H,11-13,15-16H2,1-3H3,(H,33,38)(H2,30,31,32)/t18?,20?,25-,27-,28-,44?/m1/s1. The van der Waals surface area contributed by atoms with Crippen molar-refractivity contribution in [2.75, 3.05) is 25.6 Å². The van der Waals surface area contributed by atoms with Gasteiger partial charge in [-0.1, -0.05) is 18.2 Å². The minimum absolute atomic E-state index is 0.0840. The number of rotatable bonds is 10. The highest BCUT2D eigenvalue weighted by Gasteiger charge is 2.61. The molecule has 2 aliphatic rings. The Hall–Kier alpha value is -3.61. The Morgan fingerprint density at radius 3 is 2.75 bits per heavy atom. The Morgan fingerprint density at radius 1 is 1.30 bits per heavy atom. The summed E-state index contributed by atoms with van der Waals surface area (Å²) in [5, 5.41) is 39.7. The van der Waals surface area contributed by atoms with Crippen LogP contribution in [0, 0.1) is 11.3 Å². The van der Waals surface area contributed by atoms with E-state index in [2.05, 4.69) is 15.2 Å². The fraction of sp³-hybridized carbons (Fsp3) is 0.500. The van der Waals surface area contributed by atoms with Crippen LogP contribution >= 0.6 is 7.75 Å². The summed E-state index contributed by atoms with van der Waals surface area (Å²) in [4.78, 5) is 16.9. The summed E-state index contributed by atoms with van der Waals surface area (Å²) in [6, 6.07) is 11.7. The molecule has 16 heteroatoms. The van der Waals surface area contributed by atoms with Crippen molar-refractivity contribution in [2.45, 2.75) is 68.7 Å². The van der Waals surface area contributed by atoms with Gasteiger partial charge in [0.2, 0.25) is 5.60 Å². The van der Waals surface area contributed by atoms with Crippen molar-refractivity contribution in [2.24, 2.45) is 0 Å². The lowest BCUT2D eigenvalue weighted by Gasteiger charge is -2.35. The third-order valence-corrected chi connectivity index (χ3v) is 9.24. The summed E-state index contributed by atoms with van der Waals surface area (Å²) in [7, 11) is -4.45. The lowest BCUT2D eigenvalue weighted by Crippen LogP contribution is -2.51. The highest BCUT2D eigenvalue weighted by molar-refractivity contribution is 7.52. The monoisotopic (exact) mass is 630 g/mol. The number of esters is 1. The fourth-order valence-corrected chi connectivity index (χ4v) is 6.77. The zero-order chi connectivity index (χ0) is 31.8. The van der Waals surface area contributed by atoms with Crippen LogP contribution in [0.4, 0.5) is 5.82 Å². The molecule has 0 spiro atoms. The van der Waals surface area contributed by atoms with E-state index in [1.807, 2.05) is 19.9 Å². The first kappa shape index (κ1) is 31.8. The quantitative estimate of drug-likeness (QED) is 0.186. The van der Waals surface area contributed by atoms with Crippen LogP contribution in [0.2, 0.25) is 0 Å². The summed E-state index contributed by atoms with van der Waals surface area (Å²) in [6.45, 7) is 4.30. The number of aliphatic hydroxyl groups is 2. The zero-order valence-electron chi connectivity index (χ0n) is 24.5. The van der Waals surface area contributed by atoms with Gasteiger partial charge in [0.25, 0.3) is 0 Å². The van der Waals surface area contributed by atoms with E-state index in [1.165, 1.54) is 36.0 Å². The minimum Gasteiger partial charge on any atom is -0.461 e. The number of aromatic nitrogens is 3. The minimum atomic E-state index is -4.45. The summed E-state index contributed by atoms with van der Waals surface area (Å²) in [5.74, 6) is -0.421. The molecule has 1 aromatic carbocycles. The van der Waals surface area contributed by atoms with Crippen LogP contribution < -0.4 is 15.3 Å². The second kappa shape index (κ2) is 12.1. The molecule has 0 bridgehead atoms. The molecule has 6 atom stereocenters. The van der Waals surface area contributed by atoms with Gasteiger partial charge < -0.3 is 34.7 Å². The van der Waals surface area contributed by atoms with Crippen molar-refractivity contribution >= 4 is 25.1 Å². The molecular weight excluding hydrogens is 595 g/mol. The average Bonchev–Trinajstić information content (AvgIpc) is 3.53. The summed E-state index contributed by atoms with van der Waals surface area (Å²) in [5.41, 5.74) is 1.54. The van der Waals surface area contributed by atoms with Crippen molar-refractivity contribution in [3.8, 4) is 11.8 Å². The Bertz CT molecular complexity index is 1600. The zero-order valence-corrected chi connectivity index (χ0v) is 25.3. The number of fused-ring (bicyclic) bond motifs is 1. The van der Waals surface area contributed by atoms with Gasteiger partial charge in [0.1, 0.15) is 48.5 Å². The number of nitrogens with zero attached hydrogens (tertiary/aromatic N) is 4. The van der Waals surface area contributed by atoms with Crippen LogP contribution in [0.5, 0.6) is 5.75 Å². The third kappa shape index (κ3) is 6.29. The number of nitriles is 1. The van der Waals surface area contributed by atoms with Crippen LogP contribution in [0.25, 0.3) is 5.52 Å². The molecule has 2 saturated heterocycles. The molecule has 2 aliphatic heterocycles. The summed E-state index contributed by atoms with van der Waals surface area (Å²) in [6.07, 6.45) is -0.138. The summed E-state index contributed by atoms with van der Waals surface area (Å²) >= 11 is 0. The average molecular weight is 631 g/mol. The van der Waals surface area contributed by atoms with Crippen molar-refractivity contribution in [1.29, 1.82) is 5.26 Å². The number of aliphatic hydroxyl groups excluding tert-OH is 1. The third-order valence-electron chi connectivity index (χ3n) is 7.62. The molecule has 2 aromatic heterocycles. The van der Waals surface area contributed by atoms with E-state index in [0.29, 0.717) is 25.0 Å². The van der Waals surface area contributed by atoms with Crippen molar-refractivity contribution in [3.63, 3.8) is 0 Å². The van der Waals surface area contributed by atoms with Gasteiger partial charge in [0.15, 0.2) is 11.4 Å². The predicted octanol–water partition coefficient (Wildman–Crippen LogP) is 1.84. The first-order chi connectivity index (χ1) is 20.8. The topological polar surface area (TPSA) is 213 Å². The molecule has 3 aromatic rings. The molecule has 2 fully saturated rings. The number of nitrogens with two attached hydrogens (primary N) is 1. The SMILES string of the molecule is CC(NP(=O)(OC[C@@]1(C#N)OC[C@@](O)(c2ccc3c(N)ncnn23)[C@@H]1O)Oc1ccccc1)C(=O)OC1CCOC(C)(C)C1. The molecule has 4 heterocycles. The Morgan fingerprint density at radius 2 is 2.05 bits per heavy atom. The molecular formula is C28H35N6O9P. The Kier molecular flexibility index (Phi) is 8.71. The molecule has 3 unspecified atom stereocenters. The van der Waals surface area contributed by atoms with E-state index in [0.717, 1.165) is 0 Å². The van der Waals surface area contributed by atoms with Crippen LogP contribution in [0.1, 0.15) is 39.3 Å². The molecule has 15 nitrogen and oxygen atoms in total. The highest BCUT2D eigenvalue weighted by Crippen LogP contribution is 2.48. The molecule has 0 saturated carbocycles. The maximum absolute atomic E-state index is 14.1. The lowest BCUT2D eigenvalue weighted by atomic mass is 9.86. The van der Waals surface area contributed by atoms with Crippen molar-refractivity contribution in [1.82, 2.24) is 19.7 Å². The Balaban J connectivity index is 1.35. The van der Waals surface area contributed by atoms with E-state index >= 15 is 0 Å². The number of benzene rings is 1. The number of para-hydroxylation sites is 1. The number of hydrogen-bond acceptors (Lipinski definition) is 13. The smallest absolute Gasteiger partial charge is 0.459 e. The molecule has 0 amide bonds. The van der Waals surface area contributed by atoms with Gasteiger partial charge in [-0.25, -0.2) is 14.1 Å². The highest BCUT2D eigenvalue weighted by atomic mass is 31.2. The van der Waals surface area contributed by atoms with Gasteiger partial charge in [0, 0.05) is 12.8 Å². The Labute approximate surface area is 253 Å². The number of nitrogen functional groups attached to an aromatic ring is 1. The van der Waals surface area contributed by atoms with Gasteiger partial charge >= 0.3 is 13.7 Å². The number of carbonyl (C=O) groups is 1. The van der Waals surface area contributed by atoms with Gasteiger partial charge in [-0.2, -0.15) is 15.4 Å². The number of hydrogen-bond donors (Lipinski definition) is 4. The van der Waals surface area contributed by atoms with Crippen molar-refractivity contribution in [3.05, 3.63) is 54.5 Å². The summed E-state index contributed by atoms with van der Waals surface area (Å²) < 4.78 is 43.7. The number of carbonyl (C=O) groups excluding carboxylic acids is 1. The fourth-order valence-electron chi connectivity index (χ4n) is 5.25. The second-order valence-corrected chi connectivity index (χ2v) is 13.2. The number of ether oxygens (including phenoxy) is 3. The van der Waals surface area contributed by atoms with Gasteiger partial charge in [-0.05, 0) is 45.0 Å². The first-order valence-electron chi connectivity index (χ1n) is 14.0. The maximum Gasteiger partial charge on any atom is 0.459 e. The van der Waals surface area contributed by atoms with Gasteiger partial charge in [-0.15, -0.1) is 0 Å². The number of anilines is 1.